The first-order chi connectivity index (χ1) is 14.4. The van der Waals surface area contributed by atoms with Crippen molar-refractivity contribution in [3.63, 3.8) is 0 Å². The van der Waals surface area contributed by atoms with Gasteiger partial charge in [0.05, 0.1) is 12.1 Å². The Hall–Kier alpha value is -1.83. The molecule has 2 N–H and O–H groups in total. The van der Waals surface area contributed by atoms with Crippen LogP contribution in [0.2, 0.25) is 0 Å². The summed E-state index contributed by atoms with van der Waals surface area (Å²) in [6, 6.07) is -0.0251. The van der Waals surface area contributed by atoms with Crippen molar-refractivity contribution >= 4 is 18.4 Å². The summed E-state index contributed by atoms with van der Waals surface area (Å²) in [6.07, 6.45) is 3.09. The van der Waals surface area contributed by atoms with E-state index in [1.54, 1.807) is 39.8 Å². The summed E-state index contributed by atoms with van der Waals surface area (Å²) in [6.45, 7) is 18.4. The number of methoxy groups -OCH3 is 1. The van der Waals surface area contributed by atoms with Gasteiger partial charge >= 0.3 is 6.09 Å². The highest BCUT2D eigenvalue weighted by Gasteiger charge is 2.31. The summed E-state index contributed by atoms with van der Waals surface area (Å²) in [7, 11) is 3.43. The van der Waals surface area contributed by atoms with Crippen molar-refractivity contribution in [2.75, 3.05) is 27.2 Å². The van der Waals surface area contributed by atoms with Crippen molar-refractivity contribution in [1.29, 1.82) is 0 Å². The molecule has 0 radical (unpaired) electrons. The summed E-state index contributed by atoms with van der Waals surface area (Å²) in [5, 5.41) is 4.94. The van der Waals surface area contributed by atoms with E-state index in [0.717, 1.165) is 19.4 Å². The second-order valence-electron chi connectivity index (χ2n) is 8.30. The van der Waals surface area contributed by atoms with Crippen LogP contribution in [0.4, 0.5) is 4.79 Å². The normalized spacial score (nSPS) is 13.1. The SMILES string of the molecule is CCC.CCC(C)C(C(CC)OC)N(C)C(=O)CNC(=O)OC(C)(C)C.CCNC=O. The summed E-state index contributed by atoms with van der Waals surface area (Å²) >= 11 is 0. The number of ether oxygens (including phenoxy) is 2. The molecule has 3 unspecified atom stereocenters. The third-order valence-electron chi connectivity index (χ3n) is 4.22. The highest BCUT2D eigenvalue weighted by molar-refractivity contribution is 5.82. The molecule has 0 aliphatic rings. The zero-order chi connectivity index (χ0) is 25.0. The Kier molecular flexibility index (Phi) is 21.9. The Morgan fingerprint density at radius 2 is 1.58 bits per heavy atom. The van der Waals surface area contributed by atoms with Crippen molar-refractivity contribution in [2.24, 2.45) is 5.92 Å². The maximum Gasteiger partial charge on any atom is 0.408 e. The molecular weight excluding hydrogens is 398 g/mol. The number of hydrogen-bond acceptors (Lipinski definition) is 5. The fourth-order valence-electron chi connectivity index (χ4n) is 2.62. The van der Waals surface area contributed by atoms with Crippen LogP contribution in [0.5, 0.6) is 0 Å². The molecule has 0 spiro atoms. The van der Waals surface area contributed by atoms with Crippen LogP contribution in [-0.2, 0) is 19.1 Å². The van der Waals surface area contributed by atoms with Crippen LogP contribution in [0.25, 0.3) is 0 Å². The minimum absolute atomic E-state index is 0.0251. The Morgan fingerprint density at radius 1 is 1.06 bits per heavy atom. The number of nitrogens with one attached hydrogen (secondary N) is 2. The van der Waals surface area contributed by atoms with Gasteiger partial charge in [0.25, 0.3) is 0 Å². The number of alkyl carbamates (subject to hydrolysis) is 1. The third kappa shape index (κ3) is 18.6. The van der Waals surface area contributed by atoms with E-state index in [0.29, 0.717) is 12.3 Å². The number of carbonyl (C=O) groups excluding carboxylic acids is 3. The van der Waals surface area contributed by atoms with Gasteiger partial charge < -0.3 is 25.0 Å². The largest absolute Gasteiger partial charge is 0.444 e. The molecule has 186 valence electrons. The van der Waals surface area contributed by atoms with E-state index in [9.17, 15) is 14.4 Å². The standard InChI is InChI=1S/C17H34N2O4.C3H7NO.C3H8/c1-9-12(3)15(13(10-2)22-8)19(7)14(20)11-18-16(21)23-17(4,5)6;1-2-4-3-5;1-3-2/h12-13,15H,9-11H2,1-8H3,(H,18,21);3H,2H2,1H3,(H,4,5);3H2,1-2H3. The fraction of sp³-hybridized carbons (Fsp3) is 0.870. The lowest BCUT2D eigenvalue weighted by molar-refractivity contribution is -0.135. The van der Waals surface area contributed by atoms with Crippen molar-refractivity contribution in [3.8, 4) is 0 Å². The molecule has 8 nitrogen and oxygen atoms in total. The Labute approximate surface area is 190 Å². The lowest BCUT2D eigenvalue weighted by atomic mass is 9.91. The van der Waals surface area contributed by atoms with Crippen LogP contribution in [0.3, 0.4) is 0 Å². The molecule has 0 fully saturated rings. The van der Waals surface area contributed by atoms with Gasteiger partial charge in [-0.2, -0.15) is 0 Å². The van der Waals surface area contributed by atoms with E-state index in [1.807, 2.05) is 13.8 Å². The van der Waals surface area contributed by atoms with Crippen LogP contribution in [0.1, 0.15) is 81.6 Å². The van der Waals surface area contributed by atoms with Crippen LogP contribution in [0.15, 0.2) is 0 Å². The molecule has 0 bridgehead atoms. The van der Waals surface area contributed by atoms with Crippen molar-refractivity contribution in [1.82, 2.24) is 15.5 Å². The maximum absolute atomic E-state index is 12.4. The lowest BCUT2D eigenvalue weighted by Gasteiger charge is -2.37. The highest BCUT2D eigenvalue weighted by atomic mass is 16.6. The van der Waals surface area contributed by atoms with E-state index in [-0.39, 0.29) is 24.6 Å². The van der Waals surface area contributed by atoms with E-state index < -0.39 is 11.7 Å². The lowest BCUT2D eigenvalue weighted by Crippen LogP contribution is -2.51. The second kappa shape index (κ2) is 20.1. The molecule has 0 aromatic rings. The van der Waals surface area contributed by atoms with Crippen LogP contribution in [-0.4, -0.2) is 68.3 Å². The quantitative estimate of drug-likeness (QED) is 0.494. The average Bonchev–Trinajstić information content (AvgIpc) is 2.69. The molecule has 0 aromatic carbocycles. The van der Waals surface area contributed by atoms with E-state index >= 15 is 0 Å². The highest BCUT2D eigenvalue weighted by Crippen LogP contribution is 2.21. The predicted molar refractivity (Wildman–Crippen MR) is 127 cm³/mol. The van der Waals surface area contributed by atoms with Gasteiger partial charge in [0.1, 0.15) is 12.1 Å². The summed E-state index contributed by atoms with van der Waals surface area (Å²) in [5.41, 5.74) is -0.582. The second-order valence-corrected chi connectivity index (χ2v) is 8.30. The fourth-order valence-corrected chi connectivity index (χ4v) is 2.62. The molecule has 31 heavy (non-hydrogen) atoms. The number of nitrogens with zero attached hydrogens (tertiary/aromatic N) is 1. The minimum Gasteiger partial charge on any atom is -0.444 e. The third-order valence-corrected chi connectivity index (χ3v) is 4.22. The number of carbonyl (C=O) groups is 3. The Bertz CT molecular complexity index is 463. The zero-order valence-corrected chi connectivity index (χ0v) is 21.8. The molecule has 0 saturated heterocycles. The number of hydrogen-bond donors (Lipinski definition) is 2. The Balaban J connectivity index is -0.000000833. The molecule has 0 saturated carbocycles. The number of amides is 3. The van der Waals surface area contributed by atoms with Gasteiger partial charge in [-0.25, -0.2) is 4.79 Å². The minimum atomic E-state index is -0.585. The van der Waals surface area contributed by atoms with Gasteiger partial charge in [-0.3, -0.25) is 9.59 Å². The number of rotatable bonds is 10. The molecule has 0 rings (SSSR count). The molecule has 3 atom stereocenters. The topological polar surface area (TPSA) is 97.0 Å². The Morgan fingerprint density at radius 3 is 1.87 bits per heavy atom. The van der Waals surface area contributed by atoms with Crippen LogP contribution in [0, 0.1) is 5.92 Å². The molecule has 0 aromatic heterocycles. The molecular formula is C23H49N3O5. The van der Waals surface area contributed by atoms with Crippen molar-refractivity contribution < 1.29 is 23.9 Å². The first kappa shape index (κ1) is 33.8. The molecule has 3 amide bonds. The number of likely N-dealkylation sites (N-methyl/N-ethyl adjacent to an activating group) is 1. The van der Waals surface area contributed by atoms with Gasteiger partial charge in [-0.1, -0.05) is 47.5 Å². The molecule has 0 heterocycles. The van der Waals surface area contributed by atoms with Gasteiger partial charge in [0, 0.05) is 20.7 Å². The van der Waals surface area contributed by atoms with Crippen LogP contribution >= 0.6 is 0 Å². The summed E-state index contributed by atoms with van der Waals surface area (Å²) < 4.78 is 10.7. The van der Waals surface area contributed by atoms with Gasteiger partial charge in [0.15, 0.2) is 0 Å². The van der Waals surface area contributed by atoms with E-state index in [1.165, 1.54) is 6.42 Å². The van der Waals surface area contributed by atoms with Gasteiger partial charge in [-0.05, 0) is 40.0 Å². The van der Waals surface area contributed by atoms with Gasteiger partial charge in [0.2, 0.25) is 12.3 Å². The first-order valence-corrected chi connectivity index (χ1v) is 11.3. The maximum atomic E-state index is 12.4. The molecule has 0 aliphatic carbocycles. The van der Waals surface area contributed by atoms with Gasteiger partial charge in [-0.15, -0.1) is 0 Å². The smallest absolute Gasteiger partial charge is 0.408 e. The van der Waals surface area contributed by atoms with Crippen LogP contribution < -0.4 is 10.6 Å². The first-order valence-electron chi connectivity index (χ1n) is 11.3. The summed E-state index contributed by atoms with van der Waals surface area (Å²) in [5.74, 6) is 0.145. The van der Waals surface area contributed by atoms with Crippen molar-refractivity contribution in [3.05, 3.63) is 0 Å². The predicted octanol–water partition coefficient (Wildman–Crippen LogP) is 3.98. The van der Waals surface area contributed by atoms with Crippen molar-refractivity contribution in [2.45, 2.75) is 99.3 Å². The average molecular weight is 448 g/mol. The van der Waals surface area contributed by atoms with E-state index in [4.69, 9.17) is 9.47 Å². The summed E-state index contributed by atoms with van der Waals surface area (Å²) in [4.78, 5) is 35.1. The zero-order valence-electron chi connectivity index (χ0n) is 21.8. The molecule has 8 heteroatoms. The molecule has 0 aliphatic heterocycles. The monoisotopic (exact) mass is 447 g/mol. The van der Waals surface area contributed by atoms with E-state index in [2.05, 4.69) is 38.3 Å².